The third-order valence-electron chi connectivity index (χ3n) is 5.31. The Hall–Kier alpha value is -3.18. The lowest BCUT2D eigenvalue weighted by atomic mass is 10.0. The molecule has 1 aromatic heterocycles. The molecular weight excluding hydrogens is 544 g/mol. The highest BCUT2D eigenvalue weighted by atomic mass is 32.2. The summed E-state index contributed by atoms with van der Waals surface area (Å²) in [6.07, 6.45) is 2.92. The summed E-state index contributed by atoms with van der Waals surface area (Å²) < 4.78 is 5.06. The summed E-state index contributed by atoms with van der Waals surface area (Å²) in [7, 11) is 3.58. The number of nitrogens with zero attached hydrogens (tertiary/aromatic N) is 5. The van der Waals surface area contributed by atoms with Gasteiger partial charge in [-0.1, -0.05) is 67.2 Å². The molecule has 3 aromatic rings. The van der Waals surface area contributed by atoms with Crippen molar-refractivity contribution in [1.29, 1.82) is 5.26 Å². The zero-order chi connectivity index (χ0) is 30.3. The van der Waals surface area contributed by atoms with Gasteiger partial charge in [0, 0.05) is 50.7 Å². The Morgan fingerprint density at radius 1 is 1.12 bits per heavy atom. The minimum atomic E-state index is 0.0972. The van der Waals surface area contributed by atoms with Crippen LogP contribution in [0.2, 0.25) is 0 Å². The molecule has 2 aromatic carbocycles. The van der Waals surface area contributed by atoms with Crippen molar-refractivity contribution in [2.24, 2.45) is 11.5 Å². The van der Waals surface area contributed by atoms with Gasteiger partial charge in [-0.15, -0.1) is 0 Å². The number of aliphatic hydroxyl groups is 1. The molecule has 0 fully saturated rings. The van der Waals surface area contributed by atoms with Gasteiger partial charge in [0.1, 0.15) is 18.6 Å². The number of aryl methyl sites for hydroxylation is 1. The molecule has 0 bridgehead atoms. The molecule has 3 rings (SSSR count). The summed E-state index contributed by atoms with van der Waals surface area (Å²) >= 11 is 5.80. The maximum Gasteiger partial charge on any atom is 0.226 e. The number of aromatic nitrogens is 2. The van der Waals surface area contributed by atoms with Crippen LogP contribution >= 0.6 is 24.8 Å². The molecule has 12 heteroatoms. The van der Waals surface area contributed by atoms with E-state index in [4.69, 9.17) is 15.6 Å². The second kappa shape index (κ2) is 22.6. The van der Waals surface area contributed by atoms with Crippen molar-refractivity contribution in [3.63, 3.8) is 0 Å². The average molecular weight is 587 g/mol. The monoisotopic (exact) mass is 586 g/mol. The zero-order valence-corrected chi connectivity index (χ0v) is 25.5. The van der Waals surface area contributed by atoms with Gasteiger partial charge in [0.25, 0.3) is 0 Å². The van der Waals surface area contributed by atoms with Gasteiger partial charge in [-0.05, 0) is 43.7 Å². The second-order valence-electron chi connectivity index (χ2n) is 7.86. The fraction of sp³-hybridized carbons (Fsp3) is 0.357. The molecule has 0 radical (unpaired) electrons. The molecule has 0 saturated carbocycles. The van der Waals surface area contributed by atoms with Crippen molar-refractivity contribution in [3.8, 4) is 17.2 Å². The first-order valence-electron chi connectivity index (χ1n) is 12.5. The molecule has 0 spiro atoms. The summed E-state index contributed by atoms with van der Waals surface area (Å²) in [5, 5.41) is 17.0. The summed E-state index contributed by atoms with van der Waals surface area (Å²) in [6.45, 7) is 6.48. The first-order valence-corrected chi connectivity index (χ1v) is 14.1. The number of anilines is 2. The van der Waals surface area contributed by atoms with Crippen LogP contribution in [0, 0.1) is 18.3 Å². The Morgan fingerprint density at radius 2 is 1.75 bits per heavy atom. The fourth-order valence-electron chi connectivity index (χ4n) is 3.45. The molecular formula is C28H42N8O2S2. The largest absolute Gasteiger partial charge is 0.395 e. The zero-order valence-electron chi connectivity index (χ0n) is 23.7. The van der Waals surface area contributed by atoms with E-state index in [1.807, 2.05) is 13.7 Å². The van der Waals surface area contributed by atoms with Crippen molar-refractivity contribution in [3.05, 3.63) is 71.5 Å². The van der Waals surface area contributed by atoms with E-state index in [2.05, 4.69) is 110 Å². The summed E-state index contributed by atoms with van der Waals surface area (Å²) in [5.41, 5.74) is 15.3. The van der Waals surface area contributed by atoms with Crippen LogP contribution < -0.4 is 25.4 Å². The Morgan fingerprint density at radius 3 is 2.30 bits per heavy atom. The quantitative estimate of drug-likeness (QED) is 0.166. The molecule has 0 saturated heterocycles. The van der Waals surface area contributed by atoms with Crippen molar-refractivity contribution in [2.75, 3.05) is 62.3 Å². The number of benzene rings is 2. The van der Waals surface area contributed by atoms with Crippen LogP contribution in [0.5, 0.6) is 0 Å². The predicted octanol–water partition coefficient (Wildman–Crippen LogP) is 2.85. The average Bonchev–Trinajstić information content (AvgIpc) is 3.02. The molecule has 0 aliphatic carbocycles. The fourth-order valence-corrected chi connectivity index (χ4v) is 3.91. The lowest BCUT2D eigenvalue weighted by molar-refractivity contribution is -0.0980. The Bertz CT molecular complexity index is 1130. The Labute approximate surface area is 248 Å². The van der Waals surface area contributed by atoms with Gasteiger partial charge >= 0.3 is 0 Å². The van der Waals surface area contributed by atoms with Gasteiger partial charge in [-0.2, -0.15) is 5.26 Å². The molecule has 0 unspecified atom stereocenters. The molecule has 40 heavy (non-hydrogen) atoms. The van der Waals surface area contributed by atoms with Gasteiger partial charge in [-0.25, -0.2) is 9.97 Å². The number of hydrogen-bond donors (Lipinski definition) is 5. The van der Waals surface area contributed by atoms with Gasteiger partial charge in [0.15, 0.2) is 0 Å². The first kappa shape index (κ1) is 36.8. The minimum Gasteiger partial charge on any atom is -0.395 e. The lowest BCUT2D eigenvalue weighted by Crippen LogP contribution is -2.33. The summed E-state index contributed by atoms with van der Waals surface area (Å²) in [5.74, 6) is 0.579. The van der Waals surface area contributed by atoms with E-state index in [0.29, 0.717) is 31.3 Å². The Kier molecular flexibility index (Phi) is 20.8. The van der Waals surface area contributed by atoms with Crippen molar-refractivity contribution in [2.45, 2.75) is 13.3 Å². The van der Waals surface area contributed by atoms with Crippen molar-refractivity contribution < 1.29 is 9.90 Å². The molecule has 10 nitrogen and oxygen atoms in total. The van der Waals surface area contributed by atoms with Crippen LogP contribution in [0.1, 0.15) is 17.0 Å². The molecule has 0 atom stereocenters. The molecule has 0 aliphatic rings. The third kappa shape index (κ3) is 12.8. The van der Waals surface area contributed by atoms with E-state index in [1.165, 1.54) is 29.4 Å². The number of aliphatic hydroxyl groups excluding tert-OH is 1. The van der Waals surface area contributed by atoms with E-state index in [1.54, 1.807) is 18.0 Å². The highest BCUT2D eigenvalue weighted by Crippen LogP contribution is 2.32. The maximum atomic E-state index is 9.25. The number of nitriles is 1. The number of carbonyl (C=O) groups excluding carboxylic acids is 1. The summed E-state index contributed by atoms with van der Waals surface area (Å²) in [4.78, 5) is 19.0. The number of para-hydroxylation sites is 1. The smallest absolute Gasteiger partial charge is 0.226 e. The third-order valence-corrected chi connectivity index (χ3v) is 6.28. The number of nitrogens with one attached hydrogen (secondary N) is 1. The molecule has 6 N–H and O–H groups in total. The van der Waals surface area contributed by atoms with Crippen LogP contribution in [0.25, 0.3) is 11.1 Å². The van der Waals surface area contributed by atoms with Crippen LogP contribution in [-0.2, 0) is 11.2 Å². The van der Waals surface area contributed by atoms with Crippen LogP contribution in [0.4, 0.5) is 11.6 Å². The van der Waals surface area contributed by atoms with Crippen LogP contribution in [-0.4, -0.2) is 75.0 Å². The number of thiol groups is 1. The van der Waals surface area contributed by atoms with E-state index >= 15 is 0 Å². The van der Waals surface area contributed by atoms with Crippen LogP contribution in [0.3, 0.4) is 0 Å². The SMILES string of the molecule is C=O.CN.CSN(C)c1ccccc1-c1ccc(CCN(CCNS)c2nc(C)cc(C#N)n2)cc1.NCCO. The number of hydrogen-bond acceptors (Lipinski definition) is 12. The topological polar surface area (TPSA) is 157 Å². The van der Waals surface area contributed by atoms with Crippen molar-refractivity contribution >= 4 is 43.2 Å². The highest BCUT2D eigenvalue weighted by molar-refractivity contribution is 7.99. The van der Waals surface area contributed by atoms with Gasteiger partial charge in [-0.3, -0.25) is 4.72 Å². The standard InChI is InChI=1S/C24H28N6S2.C2H7NO.CH5N.CH2O/c1-18-16-21(17-25)28-24(27-18)30(15-13-26-31)14-12-19-8-10-20(11-9-19)22-6-4-5-7-23(22)29(2)32-3;3-1-2-4;2*1-2/h4-11,16,26,31H,12-15H2,1-3H3;4H,1-3H2;2H2,1H3;1H2. The number of carbonyl (C=O) groups is 1. The molecule has 218 valence electrons. The summed E-state index contributed by atoms with van der Waals surface area (Å²) in [6, 6.07) is 21.0. The highest BCUT2D eigenvalue weighted by Gasteiger charge is 2.13. The number of rotatable bonds is 11. The lowest BCUT2D eigenvalue weighted by Gasteiger charge is -2.23. The maximum absolute atomic E-state index is 9.25. The van der Waals surface area contributed by atoms with Crippen molar-refractivity contribution in [1.82, 2.24) is 14.7 Å². The van der Waals surface area contributed by atoms with Gasteiger partial charge < -0.3 is 30.6 Å². The predicted molar refractivity (Wildman–Crippen MR) is 172 cm³/mol. The van der Waals surface area contributed by atoms with E-state index < -0.39 is 0 Å². The van der Waals surface area contributed by atoms with E-state index in [-0.39, 0.29) is 6.61 Å². The van der Waals surface area contributed by atoms with E-state index in [0.717, 1.165) is 18.7 Å². The number of nitrogens with two attached hydrogens (primary N) is 2. The van der Waals surface area contributed by atoms with Crippen LogP contribution in [0.15, 0.2) is 54.6 Å². The molecule has 1 heterocycles. The normalized spacial score (nSPS) is 9.47. The Balaban J connectivity index is 0.00000171. The molecule has 0 amide bonds. The minimum absolute atomic E-state index is 0.0972. The van der Waals surface area contributed by atoms with Gasteiger partial charge in [0.2, 0.25) is 5.95 Å². The van der Waals surface area contributed by atoms with E-state index in [9.17, 15) is 5.26 Å². The second-order valence-corrected chi connectivity index (χ2v) is 9.09. The first-order chi connectivity index (χ1) is 19.5. The molecule has 0 aliphatic heterocycles. The van der Waals surface area contributed by atoms with Gasteiger partial charge in [0.05, 0.1) is 12.3 Å².